The Hall–Kier alpha value is -0.900. The average Bonchev–Trinajstić information content (AvgIpc) is 2.53. The van der Waals surface area contributed by atoms with Crippen molar-refractivity contribution in [3.63, 3.8) is 0 Å². The fraction of sp³-hybridized carbons (Fsp3) is 0.778. The van der Waals surface area contributed by atoms with Gasteiger partial charge in [0, 0.05) is 18.9 Å². The Labute approximate surface area is 77.5 Å². The first-order chi connectivity index (χ1) is 6.25. The van der Waals surface area contributed by atoms with Gasteiger partial charge < -0.3 is 10.2 Å². The van der Waals surface area contributed by atoms with Crippen molar-refractivity contribution in [3.8, 4) is 0 Å². The molecule has 1 aliphatic rings. The molecule has 1 heterocycles. The van der Waals surface area contributed by atoms with Crippen molar-refractivity contribution in [1.82, 2.24) is 10.2 Å². The van der Waals surface area contributed by atoms with E-state index in [1.165, 1.54) is 0 Å². The first-order valence-electron chi connectivity index (χ1n) is 4.81. The van der Waals surface area contributed by atoms with Crippen LogP contribution >= 0.6 is 0 Å². The van der Waals surface area contributed by atoms with Gasteiger partial charge in [-0.3, -0.25) is 0 Å². The monoisotopic (exact) mass is 181 g/mol. The predicted molar refractivity (Wildman–Crippen MR) is 48.2 cm³/mol. The molecule has 0 atom stereocenters. The number of rotatable bonds is 1. The van der Waals surface area contributed by atoms with E-state index < -0.39 is 0 Å². The minimum absolute atomic E-state index is 0.375. The molecule has 0 aliphatic heterocycles. The lowest BCUT2D eigenvalue weighted by atomic mass is 9.86. The van der Waals surface area contributed by atoms with Crippen LogP contribution in [-0.2, 0) is 0 Å². The summed E-state index contributed by atoms with van der Waals surface area (Å²) in [6.07, 6.45) is 4.32. The normalized spacial score (nSPS) is 29.1. The zero-order chi connectivity index (χ0) is 9.26. The molecule has 1 aromatic rings. The summed E-state index contributed by atoms with van der Waals surface area (Å²) in [7, 11) is 0. The Morgan fingerprint density at radius 1 is 1.23 bits per heavy atom. The van der Waals surface area contributed by atoms with Crippen LogP contribution in [0.5, 0.6) is 0 Å². The molecule has 2 N–H and O–H groups in total. The summed E-state index contributed by atoms with van der Waals surface area (Å²) in [4.78, 5) is 0. The molecule has 0 unspecified atom stereocenters. The topological polar surface area (TPSA) is 64.9 Å². The average molecular weight is 181 g/mol. The molecule has 1 aromatic heterocycles. The van der Waals surface area contributed by atoms with E-state index in [-0.39, 0.29) is 0 Å². The minimum atomic E-state index is 0.375. The molecule has 0 aromatic carbocycles. The molecule has 0 bridgehead atoms. The molecule has 13 heavy (non-hydrogen) atoms. The third-order valence-electron chi connectivity index (χ3n) is 2.66. The van der Waals surface area contributed by atoms with Gasteiger partial charge in [0.2, 0.25) is 11.8 Å². The van der Waals surface area contributed by atoms with Crippen LogP contribution < -0.4 is 5.73 Å². The van der Waals surface area contributed by atoms with E-state index in [0.717, 1.165) is 31.6 Å². The Bertz CT molecular complexity index is 276. The van der Waals surface area contributed by atoms with Gasteiger partial charge in [0.1, 0.15) is 0 Å². The van der Waals surface area contributed by atoms with Crippen LogP contribution in [0.15, 0.2) is 4.42 Å². The van der Waals surface area contributed by atoms with Gasteiger partial charge in [0.15, 0.2) is 0 Å². The highest BCUT2D eigenvalue weighted by atomic mass is 16.4. The lowest BCUT2D eigenvalue weighted by Gasteiger charge is -2.23. The van der Waals surface area contributed by atoms with E-state index in [9.17, 15) is 0 Å². The molecular weight excluding hydrogens is 166 g/mol. The SMILES string of the molecule is Cc1nnc([C@H]2CC[C@H](N)CC2)o1. The van der Waals surface area contributed by atoms with Gasteiger partial charge in [0.25, 0.3) is 0 Å². The molecule has 0 amide bonds. The van der Waals surface area contributed by atoms with Crippen LogP contribution in [0.3, 0.4) is 0 Å². The Kier molecular flexibility index (Phi) is 2.31. The van der Waals surface area contributed by atoms with Crippen LogP contribution in [0.4, 0.5) is 0 Å². The van der Waals surface area contributed by atoms with Crippen molar-refractivity contribution >= 4 is 0 Å². The van der Waals surface area contributed by atoms with Crippen molar-refractivity contribution in [2.24, 2.45) is 5.73 Å². The van der Waals surface area contributed by atoms with Crippen molar-refractivity contribution < 1.29 is 4.42 Å². The smallest absolute Gasteiger partial charge is 0.219 e. The summed E-state index contributed by atoms with van der Waals surface area (Å²) in [5.74, 6) is 1.90. The fourth-order valence-electron chi connectivity index (χ4n) is 1.84. The molecule has 1 fully saturated rings. The lowest BCUT2D eigenvalue weighted by molar-refractivity contribution is 0.334. The summed E-state index contributed by atoms with van der Waals surface area (Å²) in [6.45, 7) is 1.82. The molecule has 4 heteroatoms. The van der Waals surface area contributed by atoms with E-state index in [0.29, 0.717) is 17.9 Å². The third kappa shape index (κ3) is 1.88. The second kappa shape index (κ2) is 3.46. The number of aryl methyl sites for hydroxylation is 1. The number of hydrogen-bond donors (Lipinski definition) is 1. The number of aromatic nitrogens is 2. The molecule has 2 rings (SSSR count). The van der Waals surface area contributed by atoms with Gasteiger partial charge in [-0.25, -0.2) is 0 Å². The molecule has 0 saturated heterocycles. The van der Waals surface area contributed by atoms with E-state index in [2.05, 4.69) is 10.2 Å². The summed E-state index contributed by atoms with van der Waals surface area (Å²) in [5, 5.41) is 7.87. The van der Waals surface area contributed by atoms with Gasteiger partial charge in [-0.05, 0) is 25.7 Å². The largest absolute Gasteiger partial charge is 0.425 e. The fourth-order valence-corrected chi connectivity index (χ4v) is 1.84. The minimum Gasteiger partial charge on any atom is -0.425 e. The van der Waals surface area contributed by atoms with Crippen molar-refractivity contribution in [3.05, 3.63) is 11.8 Å². The predicted octanol–water partition coefficient (Wildman–Crippen LogP) is 1.36. The Morgan fingerprint density at radius 2 is 1.92 bits per heavy atom. The zero-order valence-corrected chi connectivity index (χ0v) is 7.86. The Morgan fingerprint density at radius 3 is 2.46 bits per heavy atom. The highest BCUT2D eigenvalue weighted by molar-refractivity contribution is 4.94. The van der Waals surface area contributed by atoms with Crippen LogP contribution in [0, 0.1) is 6.92 Å². The maximum absolute atomic E-state index is 5.81. The Balaban J connectivity index is 2.02. The van der Waals surface area contributed by atoms with Gasteiger partial charge in [0.05, 0.1) is 0 Å². The molecule has 0 spiro atoms. The van der Waals surface area contributed by atoms with E-state index in [1.54, 1.807) is 0 Å². The van der Waals surface area contributed by atoms with Crippen molar-refractivity contribution in [1.29, 1.82) is 0 Å². The number of hydrogen-bond acceptors (Lipinski definition) is 4. The second-order valence-corrected chi connectivity index (χ2v) is 3.77. The maximum Gasteiger partial charge on any atom is 0.219 e. The third-order valence-corrected chi connectivity index (χ3v) is 2.66. The first-order valence-corrected chi connectivity index (χ1v) is 4.81. The molecule has 1 saturated carbocycles. The highest BCUT2D eigenvalue weighted by Gasteiger charge is 2.23. The lowest BCUT2D eigenvalue weighted by Crippen LogP contribution is -2.25. The van der Waals surface area contributed by atoms with Crippen LogP contribution in [-0.4, -0.2) is 16.2 Å². The molecular formula is C9H15N3O. The molecule has 0 radical (unpaired) electrons. The maximum atomic E-state index is 5.81. The second-order valence-electron chi connectivity index (χ2n) is 3.77. The molecule has 72 valence electrons. The molecule has 1 aliphatic carbocycles. The van der Waals surface area contributed by atoms with Gasteiger partial charge >= 0.3 is 0 Å². The number of nitrogens with zero attached hydrogens (tertiary/aromatic N) is 2. The highest BCUT2D eigenvalue weighted by Crippen LogP contribution is 2.31. The first kappa shape index (κ1) is 8.69. The van der Waals surface area contributed by atoms with Gasteiger partial charge in [-0.2, -0.15) is 0 Å². The van der Waals surface area contributed by atoms with Gasteiger partial charge in [-0.15, -0.1) is 10.2 Å². The summed E-state index contributed by atoms with van der Waals surface area (Å²) < 4.78 is 5.40. The van der Waals surface area contributed by atoms with E-state index in [1.807, 2.05) is 6.92 Å². The summed E-state index contributed by atoms with van der Waals surface area (Å²) in [5.41, 5.74) is 5.81. The standard InChI is InChI=1S/C9H15N3O/c1-6-11-12-9(13-6)7-2-4-8(10)5-3-7/h7-8H,2-5,10H2,1H3/t7-,8-. The van der Waals surface area contributed by atoms with E-state index >= 15 is 0 Å². The van der Waals surface area contributed by atoms with Crippen LogP contribution in [0.25, 0.3) is 0 Å². The van der Waals surface area contributed by atoms with Crippen molar-refractivity contribution in [2.75, 3.05) is 0 Å². The van der Waals surface area contributed by atoms with E-state index in [4.69, 9.17) is 10.2 Å². The van der Waals surface area contributed by atoms with Crippen LogP contribution in [0.1, 0.15) is 43.4 Å². The van der Waals surface area contributed by atoms with Gasteiger partial charge in [-0.1, -0.05) is 0 Å². The quantitative estimate of drug-likeness (QED) is 0.710. The zero-order valence-electron chi connectivity index (χ0n) is 7.86. The summed E-state index contributed by atoms with van der Waals surface area (Å²) in [6, 6.07) is 0.375. The number of nitrogens with two attached hydrogens (primary N) is 1. The van der Waals surface area contributed by atoms with Crippen molar-refractivity contribution in [2.45, 2.75) is 44.6 Å². The summed E-state index contributed by atoms with van der Waals surface area (Å²) >= 11 is 0. The molecule has 4 nitrogen and oxygen atoms in total. The van der Waals surface area contributed by atoms with Crippen LogP contribution in [0.2, 0.25) is 0 Å².